The van der Waals surface area contributed by atoms with Gasteiger partial charge in [0.15, 0.2) is 0 Å². The van der Waals surface area contributed by atoms with Crippen LogP contribution < -0.4 is 4.72 Å². The van der Waals surface area contributed by atoms with E-state index in [0.29, 0.717) is 0 Å². The van der Waals surface area contributed by atoms with Crippen LogP contribution in [-0.4, -0.2) is 20.7 Å². The van der Waals surface area contributed by atoms with Gasteiger partial charge in [0.05, 0.1) is 4.90 Å². The van der Waals surface area contributed by atoms with E-state index in [1.807, 2.05) is 0 Å². The second-order valence-corrected chi connectivity index (χ2v) is 4.74. The molecule has 0 bridgehead atoms. The van der Waals surface area contributed by atoms with Gasteiger partial charge in [-0.3, -0.25) is 4.79 Å². The van der Waals surface area contributed by atoms with Crippen LogP contribution in [-0.2, 0) is 10.0 Å². The first-order valence-corrected chi connectivity index (χ1v) is 5.57. The molecule has 1 N–H and O–H groups in total. The van der Waals surface area contributed by atoms with Crippen LogP contribution >= 0.6 is 11.6 Å². The van der Waals surface area contributed by atoms with E-state index in [1.165, 1.54) is 31.3 Å². The van der Waals surface area contributed by atoms with Crippen molar-refractivity contribution in [3.8, 4) is 0 Å². The summed E-state index contributed by atoms with van der Waals surface area (Å²) in [5, 5.41) is -0.682. The van der Waals surface area contributed by atoms with Gasteiger partial charge >= 0.3 is 0 Å². The summed E-state index contributed by atoms with van der Waals surface area (Å²) in [7, 11) is -2.22. The summed E-state index contributed by atoms with van der Waals surface area (Å²) in [5.74, 6) is 0. The van der Waals surface area contributed by atoms with Gasteiger partial charge in [0.25, 0.3) is 5.24 Å². The quantitative estimate of drug-likeness (QED) is 0.792. The molecule has 0 atom stereocenters. The lowest BCUT2D eigenvalue weighted by Gasteiger charge is -2.02. The Balaban J connectivity index is 3.26. The number of benzene rings is 1. The standard InChI is InChI=1S/C8H8ClNO3S/c1-10-14(12,13)7-4-2-3-6(5-7)8(9)11/h2-5,10H,1H3. The normalized spacial score (nSPS) is 11.3. The van der Waals surface area contributed by atoms with Crippen LogP contribution in [0.5, 0.6) is 0 Å². The van der Waals surface area contributed by atoms with Gasteiger partial charge in [-0.2, -0.15) is 0 Å². The number of carbonyl (C=O) groups excluding carboxylic acids is 1. The Hall–Kier alpha value is -0.910. The summed E-state index contributed by atoms with van der Waals surface area (Å²) in [5.41, 5.74) is 0.156. The van der Waals surface area contributed by atoms with E-state index in [4.69, 9.17) is 11.6 Å². The first-order valence-electron chi connectivity index (χ1n) is 3.71. The molecule has 0 aliphatic carbocycles. The number of hydrogen-bond acceptors (Lipinski definition) is 3. The molecule has 1 rings (SSSR count). The van der Waals surface area contributed by atoms with Gasteiger partial charge in [-0.1, -0.05) is 12.1 Å². The minimum absolute atomic E-state index is 0.0199. The van der Waals surface area contributed by atoms with Gasteiger partial charge in [0.1, 0.15) is 0 Å². The number of hydrogen-bond donors (Lipinski definition) is 1. The smallest absolute Gasteiger partial charge is 0.252 e. The zero-order valence-corrected chi connectivity index (χ0v) is 8.89. The van der Waals surface area contributed by atoms with Crippen molar-refractivity contribution in [3.63, 3.8) is 0 Å². The van der Waals surface area contributed by atoms with E-state index < -0.39 is 15.3 Å². The van der Waals surface area contributed by atoms with E-state index in [9.17, 15) is 13.2 Å². The molecule has 0 unspecified atom stereocenters. The maximum atomic E-state index is 11.3. The highest BCUT2D eigenvalue weighted by Gasteiger charge is 2.12. The average molecular weight is 234 g/mol. The fourth-order valence-corrected chi connectivity index (χ4v) is 1.80. The SMILES string of the molecule is CNS(=O)(=O)c1cccc(C(=O)Cl)c1. The minimum atomic E-state index is -3.52. The van der Waals surface area contributed by atoms with Crippen molar-refractivity contribution >= 4 is 26.9 Å². The van der Waals surface area contributed by atoms with Crippen LogP contribution in [0.1, 0.15) is 10.4 Å². The number of carbonyl (C=O) groups is 1. The molecule has 4 nitrogen and oxygen atoms in total. The summed E-state index contributed by atoms with van der Waals surface area (Å²) >= 11 is 5.21. The number of sulfonamides is 1. The van der Waals surface area contributed by atoms with E-state index in [-0.39, 0.29) is 10.5 Å². The summed E-state index contributed by atoms with van der Waals surface area (Å²) in [6.45, 7) is 0. The summed E-state index contributed by atoms with van der Waals surface area (Å²) in [4.78, 5) is 10.8. The highest BCUT2D eigenvalue weighted by molar-refractivity contribution is 7.89. The highest BCUT2D eigenvalue weighted by atomic mass is 35.5. The van der Waals surface area contributed by atoms with Crippen molar-refractivity contribution in [2.45, 2.75) is 4.90 Å². The largest absolute Gasteiger partial charge is 0.276 e. The van der Waals surface area contributed by atoms with E-state index in [1.54, 1.807) is 0 Å². The number of rotatable bonds is 3. The molecule has 0 fully saturated rings. The molecule has 0 heterocycles. The zero-order valence-electron chi connectivity index (χ0n) is 7.32. The third kappa shape index (κ3) is 2.31. The predicted molar refractivity (Wildman–Crippen MR) is 52.9 cm³/mol. The van der Waals surface area contributed by atoms with Crippen LogP contribution in [0.25, 0.3) is 0 Å². The van der Waals surface area contributed by atoms with Gasteiger partial charge in [0.2, 0.25) is 10.0 Å². The van der Waals surface area contributed by atoms with E-state index >= 15 is 0 Å². The molecule has 0 aliphatic rings. The Kier molecular flexibility index (Phi) is 3.25. The fraction of sp³-hybridized carbons (Fsp3) is 0.125. The molecule has 1 aromatic rings. The van der Waals surface area contributed by atoms with Gasteiger partial charge < -0.3 is 0 Å². The lowest BCUT2D eigenvalue weighted by Crippen LogP contribution is -2.18. The Morgan fingerprint density at radius 1 is 1.43 bits per heavy atom. The molecule has 0 aromatic heterocycles. The molecule has 0 saturated heterocycles. The van der Waals surface area contributed by atoms with Crippen molar-refractivity contribution in [3.05, 3.63) is 29.8 Å². The molecule has 0 aliphatic heterocycles. The van der Waals surface area contributed by atoms with E-state index in [2.05, 4.69) is 4.72 Å². The van der Waals surface area contributed by atoms with Crippen molar-refractivity contribution in [1.29, 1.82) is 0 Å². The topological polar surface area (TPSA) is 63.2 Å². The Morgan fingerprint density at radius 3 is 2.57 bits per heavy atom. The van der Waals surface area contributed by atoms with Crippen LogP contribution in [0, 0.1) is 0 Å². The van der Waals surface area contributed by atoms with Crippen molar-refractivity contribution < 1.29 is 13.2 Å². The maximum absolute atomic E-state index is 11.3. The summed E-state index contributed by atoms with van der Waals surface area (Å²) in [6.07, 6.45) is 0. The highest BCUT2D eigenvalue weighted by Crippen LogP contribution is 2.12. The monoisotopic (exact) mass is 233 g/mol. The lowest BCUT2D eigenvalue weighted by molar-refractivity contribution is 0.108. The maximum Gasteiger partial charge on any atom is 0.252 e. The van der Waals surface area contributed by atoms with Gasteiger partial charge in [-0.25, -0.2) is 13.1 Å². The molecule has 6 heteroatoms. The zero-order chi connectivity index (χ0) is 10.8. The predicted octanol–water partition coefficient (Wildman–Crippen LogP) is 0.974. The van der Waals surface area contributed by atoms with Crippen molar-refractivity contribution in [2.24, 2.45) is 0 Å². The Morgan fingerprint density at radius 2 is 2.07 bits per heavy atom. The molecule has 76 valence electrons. The van der Waals surface area contributed by atoms with Crippen LogP contribution in [0.3, 0.4) is 0 Å². The minimum Gasteiger partial charge on any atom is -0.276 e. The molecule has 0 radical (unpaired) electrons. The third-order valence-corrected chi connectivity index (χ3v) is 3.27. The Bertz CT molecular complexity index is 455. The second-order valence-electron chi connectivity index (χ2n) is 2.51. The molecular weight excluding hydrogens is 226 g/mol. The number of nitrogens with one attached hydrogen (secondary N) is 1. The average Bonchev–Trinajstić information content (AvgIpc) is 2.18. The molecule has 0 spiro atoms. The number of halogens is 1. The van der Waals surface area contributed by atoms with Gasteiger partial charge in [-0.05, 0) is 30.8 Å². The van der Waals surface area contributed by atoms with Crippen molar-refractivity contribution in [2.75, 3.05) is 7.05 Å². The molecule has 0 saturated carbocycles. The fourth-order valence-electron chi connectivity index (χ4n) is 0.903. The molecular formula is C8H8ClNO3S. The van der Waals surface area contributed by atoms with Crippen molar-refractivity contribution in [1.82, 2.24) is 4.72 Å². The van der Waals surface area contributed by atoms with Gasteiger partial charge in [-0.15, -0.1) is 0 Å². The molecule has 0 amide bonds. The summed E-state index contributed by atoms with van der Waals surface area (Å²) < 4.78 is 24.8. The van der Waals surface area contributed by atoms with E-state index in [0.717, 1.165) is 0 Å². The summed E-state index contributed by atoms with van der Waals surface area (Å²) in [6, 6.07) is 5.51. The van der Waals surface area contributed by atoms with Crippen LogP contribution in [0.2, 0.25) is 0 Å². The van der Waals surface area contributed by atoms with Crippen LogP contribution in [0.4, 0.5) is 0 Å². The Labute approximate surface area is 86.9 Å². The first kappa shape index (κ1) is 11.2. The first-order chi connectivity index (χ1) is 6.47. The lowest BCUT2D eigenvalue weighted by atomic mass is 10.2. The second kappa shape index (κ2) is 4.08. The molecule has 1 aromatic carbocycles. The third-order valence-electron chi connectivity index (χ3n) is 1.64. The van der Waals surface area contributed by atoms with Crippen LogP contribution in [0.15, 0.2) is 29.2 Å². The molecule has 14 heavy (non-hydrogen) atoms. The van der Waals surface area contributed by atoms with Gasteiger partial charge in [0, 0.05) is 5.56 Å².